The third kappa shape index (κ3) is 4.89. The summed E-state index contributed by atoms with van der Waals surface area (Å²) >= 11 is 0. The molecule has 0 saturated carbocycles. The van der Waals surface area contributed by atoms with Crippen LogP contribution < -0.4 is 14.8 Å². The molecule has 1 N–H and O–H groups in total. The minimum atomic E-state index is -0.00928. The van der Waals surface area contributed by atoms with Crippen molar-refractivity contribution < 1.29 is 14.3 Å². The summed E-state index contributed by atoms with van der Waals surface area (Å²) in [5, 5.41) is 3.18. The quantitative estimate of drug-likeness (QED) is 0.774. The number of amides is 1. The lowest BCUT2D eigenvalue weighted by Crippen LogP contribution is -2.47. The number of hydrogen-bond acceptors (Lipinski definition) is 7. The Labute approximate surface area is 165 Å². The van der Waals surface area contributed by atoms with E-state index in [1.54, 1.807) is 26.6 Å². The lowest BCUT2D eigenvalue weighted by molar-refractivity contribution is 0.0663. The van der Waals surface area contributed by atoms with Gasteiger partial charge < -0.3 is 24.6 Å². The maximum atomic E-state index is 12.5. The molecule has 1 saturated heterocycles. The van der Waals surface area contributed by atoms with Crippen molar-refractivity contribution in [3.63, 3.8) is 0 Å². The molecule has 1 aromatic carbocycles. The molecule has 0 bridgehead atoms. The molecule has 1 aromatic heterocycles. The number of carbonyl (C=O) groups is 1. The van der Waals surface area contributed by atoms with Gasteiger partial charge in [0.1, 0.15) is 0 Å². The number of piperazine rings is 1. The van der Waals surface area contributed by atoms with Crippen LogP contribution in [0.1, 0.15) is 15.9 Å². The van der Waals surface area contributed by atoms with Gasteiger partial charge in [0.15, 0.2) is 11.5 Å². The van der Waals surface area contributed by atoms with E-state index in [0.717, 1.165) is 38.2 Å². The Hall–Kier alpha value is -2.87. The van der Waals surface area contributed by atoms with E-state index in [-0.39, 0.29) is 5.91 Å². The van der Waals surface area contributed by atoms with Crippen molar-refractivity contribution in [1.29, 1.82) is 0 Å². The lowest BCUT2D eigenvalue weighted by Gasteiger charge is -2.32. The highest BCUT2D eigenvalue weighted by Crippen LogP contribution is 2.27. The summed E-state index contributed by atoms with van der Waals surface area (Å²) in [6, 6.07) is 5.85. The first-order valence-corrected chi connectivity index (χ1v) is 9.35. The second-order valence-electron chi connectivity index (χ2n) is 6.76. The lowest BCUT2D eigenvalue weighted by atomic mass is 10.1. The van der Waals surface area contributed by atoms with Crippen LogP contribution in [0.4, 0.5) is 5.95 Å². The van der Waals surface area contributed by atoms with Gasteiger partial charge in [-0.25, -0.2) is 9.97 Å². The van der Waals surface area contributed by atoms with Crippen LogP contribution in [-0.2, 0) is 6.42 Å². The molecule has 1 fully saturated rings. The Kier molecular flexibility index (Phi) is 6.65. The van der Waals surface area contributed by atoms with Gasteiger partial charge in [0, 0.05) is 45.1 Å². The van der Waals surface area contributed by atoms with Crippen molar-refractivity contribution in [2.75, 3.05) is 59.3 Å². The zero-order valence-electron chi connectivity index (χ0n) is 16.6. The zero-order chi connectivity index (χ0) is 19.9. The maximum absolute atomic E-state index is 12.5. The van der Waals surface area contributed by atoms with Crippen LogP contribution in [0.15, 0.2) is 30.6 Å². The fourth-order valence-electron chi connectivity index (χ4n) is 3.08. The first-order valence-electron chi connectivity index (χ1n) is 9.35. The topological polar surface area (TPSA) is 79.8 Å². The Morgan fingerprint density at radius 2 is 1.75 bits per heavy atom. The van der Waals surface area contributed by atoms with Crippen LogP contribution in [0.3, 0.4) is 0 Å². The number of ether oxygens (including phenoxy) is 2. The predicted octanol–water partition coefficient (Wildman–Crippen LogP) is 1.54. The molecule has 8 heteroatoms. The average molecular weight is 385 g/mol. The Morgan fingerprint density at radius 3 is 2.39 bits per heavy atom. The number of anilines is 1. The van der Waals surface area contributed by atoms with Crippen molar-refractivity contribution in [3.05, 3.63) is 41.7 Å². The SMILES string of the molecule is COc1ccc(CCNc2ncc(C(=O)N3CCN(C)CC3)cn2)cc1OC. The fraction of sp³-hybridized carbons (Fsp3) is 0.450. The van der Waals surface area contributed by atoms with E-state index < -0.39 is 0 Å². The molecule has 8 nitrogen and oxygen atoms in total. The third-order valence-electron chi connectivity index (χ3n) is 4.83. The van der Waals surface area contributed by atoms with E-state index in [1.807, 2.05) is 23.1 Å². The van der Waals surface area contributed by atoms with E-state index in [0.29, 0.717) is 29.6 Å². The number of nitrogens with zero attached hydrogens (tertiary/aromatic N) is 4. The molecule has 0 spiro atoms. The number of rotatable bonds is 7. The van der Waals surface area contributed by atoms with Gasteiger partial charge in [-0.3, -0.25) is 4.79 Å². The molecule has 1 amide bonds. The van der Waals surface area contributed by atoms with E-state index in [4.69, 9.17) is 9.47 Å². The van der Waals surface area contributed by atoms with Crippen LogP contribution in [0.25, 0.3) is 0 Å². The van der Waals surface area contributed by atoms with E-state index in [9.17, 15) is 4.79 Å². The summed E-state index contributed by atoms with van der Waals surface area (Å²) in [7, 11) is 5.31. The van der Waals surface area contributed by atoms with Gasteiger partial charge in [0.2, 0.25) is 5.95 Å². The highest BCUT2D eigenvalue weighted by Gasteiger charge is 2.20. The molecular weight excluding hydrogens is 358 g/mol. The average Bonchev–Trinajstić information content (AvgIpc) is 2.74. The van der Waals surface area contributed by atoms with Gasteiger partial charge in [-0.05, 0) is 31.2 Å². The molecule has 3 rings (SSSR count). The van der Waals surface area contributed by atoms with Gasteiger partial charge in [-0.15, -0.1) is 0 Å². The van der Waals surface area contributed by atoms with Gasteiger partial charge in [-0.2, -0.15) is 0 Å². The Bertz CT molecular complexity index is 789. The van der Waals surface area contributed by atoms with Crippen molar-refractivity contribution in [1.82, 2.24) is 19.8 Å². The van der Waals surface area contributed by atoms with Crippen LogP contribution >= 0.6 is 0 Å². The molecule has 150 valence electrons. The minimum absolute atomic E-state index is 0.00928. The van der Waals surface area contributed by atoms with Crippen LogP contribution in [-0.4, -0.2) is 79.7 Å². The Balaban J connectivity index is 1.51. The monoisotopic (exact) mass is 385 g/mol. The first kappa shape index (κ1) is 19.9. The summed E-state index contributed by atoms with van der Waals surface area (Å²) in [5.41, 5.74) is 1.64. The van der Waals surface area contributed by atoms with Gasteiger partial charge in [0.25, 0.3) is 5.91 Å². The molecule has 1 aliphatic rings. The number of aromatic nitrogens is 2. The van der Waals surface area contributed by atoms with Gasteiger partial charge >= 0.3 is 0 Å². The predicted molar refractivity (Wildman–Crippen MR) is 107 cm³/mol. The van der Waals surface area contributed by atoms with Crippen molar-refractivity contribution in [3.8, 4) is 11.5 Å². The molecule has 28 heavy (non-hydrogen) atoms. The normalized spacial score (nSPS) is 14.6. The van der Waals surface area contributed by atoms with E-state index in [2.05, 4.69) is 27.2 Å². The molecule has 1 aliphatic heterocycles. The van der Waals surface area contributed by atoms with Gasteiger partial charge in [-0.1, -0.05) is 6.07 Å². The highest BCUT2D eigenvalue weighted by molar-refractivity contribution is 5.93. The number of hydrogen-bond donors (Lipinski definition) is 1. The first-order chi connectivity index (χ1) is 13.6. The molecule has 0 aliphatic carbocycles. The van der Waals surface area contributed by atoms with Crippen molar-refractivity contribution >= 4 is 11.9 Å². The smallest absolute Gasteiger partial charge is 0.257 e. The molecule has 0 unspecified atom stereocenters. The molecule has 0 atom stereocenters. The second kappa shape index (κ2) is 9.36. The second-order valence-corrected chi connectivity index (χ2v) is 6.76. The molecule has 2 heterocycles. The highest BCUT2D eigenvalue weighted by atomic mass is 16.5. The standard InChI is InChI=1S/C20H27N5O3/c1-24-8-10-25(11-9-24)19(26)16-13-22-20(23-14-16)21-7-6-15-4-5-17(27-2)18(12-15)28-3/h4-5,12-14H,6-11H2,1-3H3,(H,21,22,23). The van der Waals surface area contributed by atoms with Crippen LogP contribution in [0, 0.1) is 0 Å². The minimum Gasteiger partial charge on any atom is -0.493 e. The summed E-state index contributed by atoms with van der Waals surface area (Å²) in [5.74, 6) is 1.92. The number of methoxy groups -OCH3 is 2. The molecule has 0 radical (unpaired) electrons. The number of carbonyl (C=O) groups excluding carboxylic acids is 1. The number of likely N-dealkylation sites (N-methyl/N-ethyl adjacent to an activating group) is 1. The molecular formula is C20H27N5O3. The summed E-state index contributed by atoms with van der Waals surface area (Å²) in [4.78, 5) is 25.1. The number of benzene rings is 1. The number of nitrogens with one attached hydrogen (secondary N) is 1. The molecule has 2 aromatic rings. The maximum Gasteiger partial charge on any atom is 0.257 e. The third-order valence-corrected chi connectivity index (χ3v) is 4.83. The van der Waals surface area contributed by atoms with Gasteiger partial charge in [0.05, 0.1) is 19.8 Å². The van der Waals surface area contributed by atoms with E-state index >= 15 is 0 Å². The summed E-state index contributed by atoms with van der Waals surface area (Å²) in [6.07, 6.45) is 3.96. The summed E-state index contributed by atoms with van der Waals surface area (Å²) in [6.45, 7) is 3.92. The van der Waals surface area contributed by atoms with Crippen molar-refractivity contribution in [2.24, 2.45) is 0 Å². The van der Waals surface area contributed by atoms with Crippen LogP contribution in [0.2, 0.25) is 0 Å². The largest absolute Gasteiger partial charge is 0.493 e. The van der Waals surface area contributed by atoms with Crippen molar-refractivity contribution in [2.45, 2.75) is 6.42 Å². The fourth-order valence-corrected chi connectivity index (χ4v) is 3.08. The summed E-state index contributed by atoms with van der Waals surface area (Å²) < 4.78 is 10.6. The zero-order valence-corrected chi connectivity index (χ0v) is 16.6. The van der Waals surface area contributed by atoms with Crippen LogP contribution in [0.5, 0.6) is 11.5 Å². The van der Waals surface area contributed by atoms with E-state index in [1.165, 1.54) is 0 Å². The Morgan fingerprint density at radius 1 is 1.07 bits per heavy atom.